The van der Waals surface area contributed by atoms with Crippen molar-refractivity contribution >= 4 is 21.7 Å². The first-order chi connectivity index (χ1) is 9.71. The third kappa shape index (κ3) is 1.82. The van der Waals surface area contributed by atoms with Crippen LogP contribution in [0.15, 0.2) is 40.9 Å². The van der Waals surface area contributed by atoms with Crippen LogP contribution in [0.4, 0.5) is 0 Å². The largest absolute Gasteiger partial charge is 0.372 e. The number of rotatable bonds is 3. The molecule has 4 aliphatic rings. The Morgan fingerprint density at radius 1 is 1.35 bits per heavy atom. The zero-order valence-electron chi connectivity index (χ0n) is 10.9. The lowest BCUT2D eigenvalue weighted by molar-refractivity contribution is -0.141. The summed E-state index contributed by atoms with van der Waals surface area (Å²) in [5.74, 6) is 0.177. The van der Waals surface area contributed by atoms with E-state index in [9.17, 15) is 4.79 Å². The van der Waals surface area contributed by atoms with Crippen LogP contribution in [0.3, 0.4) is 0 Å². The van der Waals surface area contributed by atoms with Gasteiger partial charge in [-0.1, -0.05) is 52.3 Å². The first kappa shape index (κ1) is 12.7. The molecule has 0 N–H and O–H groups in total. The molecule has 1 aromatic rings. The number of carbonyl (C=O) groups is 1. The smallest absolute Gasteiger partial charge is 0.177 e. The Morgan fingerprint density at radius 3 is 2.80 bits per heavy atom. The van der Waals surface area contributed by atoms with Crippen molar-refractivity contribution in [3.63, 3.8) is 0 Å². The Labute approximate surface area is 126 Å². The van der Waals surface area contributed by atoms with Gasteiger partial charge in [-0.05, 0) is 16.5 Å². The quantitative estimate of drug-likeness (QED) is 0.798. The standard InChI is InChI=1S/C16H15BrO3/c17-13-6-11-14(19-8-10-4-2-1-3-5-10)7-12(13)16(9-20-16)15(11)18/h1-6,11-12,14H,7-9H2/t11?,12?,14-,16-/m0/s1. The van der Waals surface area contributed by atoms with Gasteiger partial charge in [-0.15, -0.1) is 0 Å². The maximum absolute atomic E-state index is 12.5. The van der Waals surface area contributed by atoms with Gasteiger partial charge in [0.25, 0.3) is 0 Å². The third-order valence-electron chi connectivity index (χ3n) is 4.59. The molecular weight excluding hydrogens is 320 g/mol. The molecule has 1 aliphatic heterocycles. The van der Waals surface area contributed by atoms with E-state index >= 15 is 0 Å². The van der Waals surface area contributed by atoms with Crippen molar-refractivity contribution in [2.24, 2.45) is 11.8 Å². The summed E-state index contributed by atoms with van der Waals surface area (Å²) in [6.45, 7) is 1.13. The molecule has 104 valence electrons. The van der Waals surface area contributed by atoms with E-state index in [1.165, 1.54) is 0 Å². The van der Waals surface area contributed by atoms with E-state index in [1.807, 2.05) is 36.4 Å². The zero-order chi connectivity index (χ0) is 13.7. The maximum atomic E-state index is 12.5. The minimum absolute atomic E-state index is 0.0242. The monoisotopic (exact) mass is 334 g/mol. The third-order valence-corrected chi connectivity index (χ3v) is 5.40. The van der Waals surface area contributed by atoms with Gasteiger partial charge in [0.15, 0.2) is 11.4 Å². The topological polar surface area (TPSA) is 38.8 Å². The summed E-state index contributed by atoms with van der Waals surface area (Å²) < 4.78 is 12.6. The highest BCUT2D eigenvalue weighted by Crippen LogP contribution is 2.55. The summed E-state index contributed by atoms with van der Waals surface area (Å²) >= 11 is 3.59. The number of ether oxygens (including phenoxy) is 2. The van der Waals surface area contributed by atoms with E-state index in [-0.39, 0.29) is 23.7 Å². The number of hydrogen-bond acceptors (Lipinski definition) is 3. The molecule has 2 fully saturated rings. The second kappa shape index (κ2) is 4.52. The van der Waals surface area contributed by atoms with E-state index in [0.29, 0.717) is 13.2 Å². The normalized spacial score (nSPS) is 38.1. The summed E-state index contributed by atoms with van der Waals surface area (Å²) in [5, 5.41) is 0. The van der Waals surface area contributed by atoms with Crippen LogP contribution in [0.25, 0.3) is 0 Å². The molecule has 3 nitrogen and oxygen atoms in total. The Morgan fingerprint density at radius 2 is 2.10 bits per heavy atom. The van der Waals surface area contributed by atoms with Crippen molar-refractivity contribution in [1.82, 2.24) is 0 Å². The highest BCUT2D eigenvalue weighted by Gasteiger charge is 2.66. The second-order valence-corrected chi connectivity index (χ2v) is 6.66. The second-order valence-electron chi connectivity index (χ2n) is 5.74. The predicted molar refractivity (Wildman–Crippen MR) is 77.3 cm³/mol. The maximum Gasteiger partial charge on any atom is 0.177 e. The number of Topliss-reactive ketones (excluding diaryl/α,β-unsaturated/α-hetero) is 1. The van der Waals surface area contributed by atoms with E-state index in [2.05, 4.69) is 15.9 Å². The summed E-state index contributed by atoms with van der Waals surface area (Å²) in [5.41, 5.74) is 0.618. The SMILES string of the molecule is O=C1C2C=C(Br)C(C[C@@H]2OCc2ccccc2)[C@@]12CO2. The molecule has 4 heteroatoms. The van der Waals surface area contributed by atoms with Gasteiger partial charge in [0.2, 0.25) is 0 Å². The van der Waals surface area contributed by atoms with Gasteiger partial charge in [0, 0.05) is 5.92 Å². The number of benzene rings is 1. The van der Waals surface area contributed by atoms with Crippen LogP contribution in [0.5, 0.6) is 0 Å². The Kier molecular flexibility index (Phi) is 2.88. The van der Waals surface area contributed by atoms with Gasteiger partial charge < -0.3 is 9.47 Å². The van der Waals surface area contributed by atoms with E-state index in [1.54, 1.807) is 0 Å². The molecule has 0 amide bonds. The van der Waals surface area contributed by atoms with Crippen LogP contribution in [0.2, 0.25) is 0 Å². The van der Waals surface area contributed by atoms with Gasteiger partial charge in [-0.25, -0.2) is 0 Å². The Balaban J connectivity index is 1.51. The van der Waals surface area contributed by atoms with E-state index in [0.717, 1.165) is 16.5 Å². The van der Waals surface area contributed by atoms with Crippen LogP contribution in [0.1, 0.15) is 12.0 Å². The summed E-state index contributed by atoms with van der Waals surface area (Å²) in [7, 11) is 0. The zero-order valence-corrected chi connectivity index (χ0v) is 12.5. The van der Waals surface area contributed by atoms with Crippen molar-refractivity contribution in [2.75, 3.05) is 6.61 Å². The number of epoxide rings is 1. The summed E-state index contributed by atoms with van der Waals surface area (Å²) in [4.78, 5) is 12.5. The summed E-state index contributed by atoms with van der Waals surface area (Å²) in [6.07, 6.45) is 2.85. The van der Waals surface area contributed by atoms with Gasteiger partial charge in [0.1, 0.15) is 0 Å². The molecule has 2 bridgehead atoms. The molecule has 3 aliphatic carbocycles. The molecule has 1 saturated heterocycles. The molecule has 4 atom stereocenters. The van der Waals surface area contributed by atoms with Crippen molar-refractivity contribution in [1.29, 1.82) is 0 Å². The molecule has 1 spiro atoms. The molecule has 0 radical (unpaired) electrons. The van der Waals surface area contributed by atoms with E-state index < -0.39 is 5.60 Å². The summed E-state index contributed by atoms with van der Waals surface area (Å²) in [6, 6.07) is 10.1. The van der Waals surface area contributed by atoms with Crippen molar-refractivity contribution < 1.29 is 14.3 Å². The van der Waals surface area contributed by atoms with Gasteiger partial charge >= 0.3 is 0 Å². The fourth-order valence-corrected chi connectivity index (χ4v) is 4.21. The Bertz CT molecular complexity index is 577. The van der Waals surface area contributed by atoms with Crippen LogP contribution in [-0.4, -0.2) is 24.1 Å². The number of carbonyl (C=O) groups excluding carboxylic acids is 1. The highest BCUT2D eigenvalue weighted by molar-refractivity contribution is 9.11. The molecular formula is C16H15BrO3. The number of hydrogen-bond donors (Lipinski definition) is 0. The lowest BCUT2D eigenvalue weighted by Crippen LogP contribution is -2.53. The van der Waals surface area contributed by atoms with Crippen LogP contribution in [-0.2, 0) is 20.9 Å². The first-order valence-electron chi connectivity index (χ1n) is 6.92. The average Bonchev–Trinajstić information content (AvgIpc) is 3.25. The number of fused-ring (bicyclic) bond motifs is 1. The van der Waals surface area contributed by atoms with E-state index in [4.69, 9.17) is 9.47 Å². The predicted octanol–water partition coefficient (Wildman–Crippen LogP) is 2.84. The van der Waals surface area contributed by atoms with Crippen LogP contribution < -0.4 is 0 Å². The van der Waals surface area contributed by atoms with Crippen LogP contribution >= 0.6 is 15.9 Å². The van der Waals surface area contributed by atoms with Gasteiger partial charge in [-0.2, -0.15) is 0 Å². The van der Waals surface area contributed by atoms with Crippen LogP contribution in [0, 0.1) is 11.8 Å². The number of ketones is 1. The average molecular weight is 335 g/mol. The minimum atomic E-state index is -0.523. The van der Waals surface area contributed by atoms with Crippen molar-refractivity contribution in [2.45, 2.75) is 24.7 Å². The molecule has 1 aromatic carbocycles. The number of halogens is 1. The molecule has 5 rings (SSSR count). The molecule has 20 heavy (non-hydrogen) atoms. The lowest BCUT2D eigenvalue weighted by atomic mass is 9.66. The fraction of sp³-hybridized carbons (Fsp3) is 0.438. The minimum Gasteiger partial charge on any atom is -0.372 e. The molecule has 1 heterocycles. The fourth-order valence-electron chi connectivity index (χ4n) is 3.37. The van der Waals surface area contributed by atoms with Gasteiger partial charge in [0.05, 0.1) is 25.2 Å². The molecule has 1 saturated carbocycles. The Hall–Kier alpha value is -0.970. The van der Waals surface area contributed by atoms with Gasteiger partial charge in [-0.3, -0.25) is 4.79 Å². The molecule has 0 aromatic heterocycles. The molecule has 2 unspecified atom stereocenters. The van der Waals surface area contributed by atoms with Crippen molar-refractivity contribution in [3.05, 3.63) is 46.5 Å². The van der Waals surface area contributed by atoms with Crippen molar-refractivity contribution in [3.8, 4) is 0 Å². The highest BCUT2D eigenvalue weighted by atomic mass is 79.9. The lowest BCUT2D eigenvalue weighted by Gasteiger charge is -2.42. The first-order valence-corrected chi connectivity index (χ1v) is 7.71.